The maximum absolute atomic E-state index is 12.6. The smallest absolute Gasteiger partial charge is 0.341 e. The molecule has 0 unspecified atom stereocenters. The number of benzene rings is 1. The number of anilines is 1. The predicted octanol–water partition coefficient (Wildman–Crippen LogP) is 4.97. The van der Waals surface area contributed by atoms with Crippen LogP contribution in [-0.2, 0) is 22.4 Å². The molecule has 1 aromatic heterocycles. The second kappa shape index (κ2) is 8.89. The maximum Gasteiger partial charge on any atom is 0.341 e. The van der Waals surface area contributed by atoms with Gasteiger partial charge in [-0.1, -0.05) is 22.0 Å². The molecule has 1 aromatic carbocycles. The number of thiophene rings is 1. The molecule has 0 radical (unpaired) electrons. The fourth-order valence-electron chi connectivity index (χ4n) is 3.01. The number of aryl methyl sites for hydroxylation is 1. The summed E-state index contributed by atoms with van der Waals surface area (Å²) in [4.78, 5) is 26.2. The highest BCUT2D eigenvalue weighted by atomic mass is 79.9. The molecule has 0 fully saturated rings. The lowest BCUT2D eigenvalue weighted by atomic mass is 9.95. The number of esters is 1. The van der Waals surface area contributed by atoms with Crippen LogP contribution in [0.3, 0.4) is 0 Å². The Labute approximate surface area is 171 Å². The van der Waals surface area contributed by atoms with Gasteiger partial charge in [-0.05, 0) is 63.3 Å². The van der Waals surface area contributed by atoms with Crippen molar-refractivity contribution in [3.05, 3.63) is 44.7 Å². The van der Waals surface area contributed by atoms with Gasteiger partial charge in [0.25, 0.3) is 5.91 Å². The van der Waals surface area contributed by atoms with E-state index in [1.165, 1.54) is 16.2 Å². The molecule has 7 heteroatoms. The lowest BCUT2D eigenvalue weighted by molar-refractivity contribution is -0.118. The summed E-state index contributed by atoms with van der Waals surface area (Å²) in [5.74, 6) is -0.0655. The Morgan fingerprint density at radius 3 is 2.78 bits per heavy atom. The first-order valence-electron chi connectivity index (χ1n) is 8.97. The van der Waals surface area contributed by atoms with Crippen LogP contribution < -0.4 is 10.1 Å². The fraction of sp³-hybridized carbons (Fsp3) is 0.400. The van der Waals surface area contributed by atoms with Gasteiger partial charge in [-0.3, -0.25) is 4.79 Å². The summed E-state index contributed by atoms with van der Waals surface area (Å²) in [5.41, 5.74) is 1.54. The quantitative estimate of drug-likeness (QED) is 0.629. The van der Waals surface area contributed by atoms with Crippen molar-refractivity contribution in [2.75, 3.05) is 11.9 Å². The van der Waals surface area contributed by atoms with Gasteiger partial charge >= 0.3 is 5.97 Å². The Balaban J connectivity index is 1.74. The van der Waals surface area contributed by atoms with E-state index in [1.807, 2.05) is 26.0 Å². The van der Waals surface area contributed by atoms with Gasteiger partial charge in [0.1, 0.15) is 10.8 Å². The number of fused-ring (bicyclic) bond motifs is 1. The highest BCUT2D eigenvalue weighted by molar-refractivity contribution is 9.10. The second-order valence-corrected chi connectivity index (χ2v) is 8.68. The van der Waals surface area contributed by atoms with Crippen LogP contribution in [0.5, 0.6) is 5.75 Å². The van der Waals surface area contributed by atoms with Gasteiger partial charge in [0.05, 0.1) is 11.7 Å². The number of halogens is 1. The Hall–Kier alpha value is -1.86. The first-order chi connectivity index (χ1) is 12.9. The van der Waals surface area contributed by atoms with Gasteiger partial charge in [-0.15, -0.1) is 11.3 Å². The minimum absolute atomic E-state index is 0.127. The molecule has 0 atom stereocenters. The molecule has 0 bridgehead atoms. The summed E-state index contributed by atoms with van der Waals surface area (Å²) in [7, 11) is 0. The van der Waals surface area contributed by atoms with Crippen LogP contribution in [0.4, 0.5) is 5.00 Å². The average molecular weight is 452 g/mol. The van der Waals surface area contributed by atoms with Crippen molar-refractivity contribution >= 4 is 44.1 Å². The molecule has 1 aliphatic rings. The predicted molar refractivity (Wildman–Crippen MR) is 110 cm³/mol. The zero-order valence-corrected chi connectivity index (χ0v) is 17.7. The first-order valence-corrected chi connectivity index (χ1v) is 10.6. The molecule has 0 aliphatic heterocycles. The Morgan fingerprint density at radius 2 is 2.04 bits per heavy atom. The van der Waals surface area contributed by atoms with Crippen LogP contribution in [0.25, 0.3) is 0 Å². The molecule has 5 nitrogen and oxygen atoms in total. The molecule has 3 rings (SSSR count). The summed E-state index contributed by atoms with van der Waals surface area (Å²) in [6.07, 6.45) is 3.72. The first kappa shape index (κ1) is 19.9. The monoisotopic (exact) mass is 451 g/mol. The van der Waals surface area contributed by atoms with Crippen molar-refractivity contribution in [1.29, 1.82) is 0 Å². The molecule has 1 amide bonds. The molecule has 144 valence electrons. The van der Waals surface area contributed by atoms with Crippen LogP contribution in [0.2, 0.25) is 0 Å². The van der Waals surface area contributed by atoms with Crippen LogP contribution in [-0.4, -0.2) is 24.6 Å². The minimum atomic E-state index is -0.368. The van der Waals surface area contributed by atoms with Crippen molar-refractivity contribution in [1.82, 2.24) is 0 Å². The Kier molecular flexibility index (Phi) is 6.55. The summed E-state index contributed by atoms with van der Waals surface area (Å²) < 4.78 is 11.8. The highest BCUT2D eigenvalue weighted by Gasteiger charge is 2.27. The summed E-state index contributed by atoms with van der Waals surface area (Å²) in [5, 5.41) is 3.41. The third-order valence-corrected chi connectivity index (χ3v) is 5.84. The molecule has 1 heterocycles. The van der Waals surface area contributed by atoms with Crippen LogP contribution >= 0.6 is 27.3 Å². The standard InChI is InChI=1S/C20H22BrNO4S/c1-12(2)26-20(24)18-15-8-3-4-9-16(15)27-19(18)22-17(23)11-25-14-7-5-6-13(21)10-14/h5-7,10,12H,3-4,8-9,11H2,1-2H3,(H,22,23). The van der Waals surface area contributed by atoms with E-state index in [0.29, 0.717) is 16.3 Å². The molecule has 0 spiro atoms. The van der Waals surface area contributed by atoms with E-state index in [9.17, 15) is 9.59 Å². The van der Waals surface area contributed by atoms with Crippen LogP contribution in [0, 0.1) is 0 Å². The average Bonchev–Trinajstić information content (AvgIpc) is 2.97. The van der Waals surface area contributed by atoms with E-state index in [0.717, 1.165) is 35.7 Å². The Bertz CT molecular complexity index is 847. The third-order valence-electron chi connectivity index (χ3n) is 4.14. The summed E-state index contributed by atoms with van der Waals surface area (Å²) >= 11 is 4.84. The number of carbonyl (C=O) groups is 2. The van der Waals surface area contributed by atoms with Gasteiger partial charge in [0.2, 0.25) is 0 Å². The molecule has 0 saturated carbocycles. The molecule has 1 N–H and O–H groups in total. The number of rotatable bonds is 6. The van der Waals surface area contributed by atoms with Crippen molar-refractivity contribution in [3.63, 3.8) is 0 Å². The molecular formula is C20H22BrNO4S. The van der Waals surface area contributed by atoms with Crippen molar-refractivity contribution in [3.8, 4) is 5.75 Å². The van der Waals surface area contributed by atoms with E-state index >= 15 is 0 Å². The topological polar surface area (TPSA) is 64.6 Å². The lowest BCUT2D eigenvalue weighted by Crippen LogP contribution is -2.22. The fourth-order valence-corrected chi connectivity index (χ4v) is 4.68. The van der Waals surface area contributed by atoms with Crippen molar-refractivity contribution < 1.29 is 19.1 Å². The molecule has 1 aliphatic carbocycles. The van der Waals surface area contributed by atoms with Crippen LogP contribution in [0.1, 0.15) is 47.5 Å². The third kappa shape index (κ3) is 5.11. The molecule has 2 aromatic rings. The van der Waals surface area contributed by atoms with Crippen LogP contribution in [0.15, 0.2) is 28.7 Å². The van der Waals surface area contributed by atoms with E-state index in [4.69, 9.17) is 9.47 Å². The zero-order valence-electron chi connectivity index (χ0n) is 15.3. The molecule has 0 saturated heterocycles. The summed E-state index contributed by atoms with van der Waals surface area (Å²) in [6.45, 7) is 3.51. The minimum Gasteiger partial charge on any atom is -0.484 e. The van der Waals surface area contributed by atoms with E-state index in [1.54, 1.807) is 12.1 Å². The SMILES string of the molecule is CC(C)OC(=O)c1c(NC(=O)COc2cccc(Br)c2)sc2c1CCCC2. The van der Waals surface area contributed by atoms with E-state index in [2.05, 4.69) is 21.2 Å². The number of nitrogens with one attached hydrogen (secondary N) is 1. The molecular weight excluding hydrogens is 430 g/mol. The Morgan fingerprint density at radius 1 is 1.26 bits per heavy atom. The number of ether oxygens (including phenoxy) is 2. The number of hydrogen-bond donors (Lipinski definition) is 1. The van der Waals surface area contributed by atoms with Gasteiger partial charge < -0.3 is 14.8 Å². The maximum atomic E-state index is 12.6. The van der Waals surface area contributed by atoms with Gasteiger partial charge in [0.15, 0.2) is 6.61 Å². The molecule has 27 heavy (non-hydrogen) atoms. The van der Waals surface area contributed by atoms with Gasteiger partial charge in [-0.2, -0.15) is 0 Å². The van der Waals surface area contributed by atoms with E-state index in [-0.39, 0.29) is 24.6 Å². The number of amides is 1. The van der Waals surface area contributed by atoms with E-state index < -0.39 is 0 Å². The summed E-state index contributed by atoms with van der Waals surface area (Å²) in [6, 6.07) is 7.30. The second-order valence-electron chi connectivity index (χ2n) is 6.66. The number of hydrogen-bond acceptors (Lipinski definition) is 5. The zero-order chi connectivity index (χ0) is 19.4. The van der Waals surface area contributed by atoms with Gasteiger partial charge in [0, 0.05) is 9.35 Å². The normalized spacial score (nSPS) is 13.2. The highest BCUT2D eigenvalue weighted by Crippen LogP contribution is 2.38. The van der Waals surface area contributed by atoms with Gasteiger partial charge in [-0.25, -0.2) is 4.79 Å². The number of carbonyl (C=O) groups excluding carboxylic acids is 2. The largest absolute Gasteiger partial charge is 0.484 e. The van der Waals surface area contributed by atoms with Crippen molar-refractivity contribution in [2.45, 2.75) is 45.6 Å². The lowest BCUT2D eigenvalue weighted by Gasteiger charge is -2.14. The van der Waals surface area contributed by atoms with Crippen molar-refractivity contribution in [2.24, 2.45) is 0 Å².